The molecule has 0 saturated carbocycles. The van der Waals surface area contributed by atoms with E-state index in [4.69, 9.17) is 0 Å². The molecule has 1 rings (SSSR count). The first-order chi connectivity index (χ1) is 7.60. The maximum Gasteiger partial charge on any atom is 0.416 e. The monoisotopic (exact) mass is 246 g/mol. The van der Waals surface area contributed by atoms with Gasteiger partial charge in [0.15, 0.2) is 0 Å². The lowest BCUT2D eigenvalue weighted by Gasteiger charge is -2.26. The molecule has 1 N–H and O–H groups in total. The molecule has 1 aromatic rings. The number of hydrogen-bond donors (Lipinski definition) is 1. The summed E-state index contributed by atoms with van der Waals surface area (Å²) in [5.74, 6) is 0. The summed E-state index contributed by atoms with van der Waals surface area (Å²) in [5, 5.41) is 9.85. The number of aliphatic hydroxyl groups is 1. The number of aliphatic hydroxyl groups excluding tert-OH is 1. The van der Waals surface area contributed by atoms with E-state index in [2.05, 4.69) is 0 Å². The highest BCUT2D eigenvalue weighted by atomic mass is 19.4. The van der Waals surface area contributed by atoms with Crippen molar-refractivity contribution in [2.75, 3.05) is 0 Å². The smallest absolute Gasteiger partial charge is 0.392 e. The Labute approximate surface area is 99.3 Å². The Morgan fingerprint density at radius 2 is 1.76 bits per heavy atom. The molecule has 1 unspecified atom stereocenters. The minimum Gasteiger partial charge on any atom is -0.392 e. The van der Waals surface area contributed by atoms with Crippen LogP contribution >= 0.6 is 0 Å². The van der Waals surface area contributed by atoms with Crippen molar-refractivity contribution in [2.45, 2.75) is 39.5 Å². The van der Waals surface area contributed by atoms with Gasteiger partial charge in [0.1, 0.15) is 0 Å². The SMILES string of the molecule is CC(C)(C)C(O)Cc1cccc(C(F)(F)F)c1. The Morgan fingerprint density at radius 3 is 2.24 bits per heavy atom. The van der Waals surface area contributed by atoms with Crippen LogP contribution in [0.3, 0.4) is 0 Å². The van der Waals surface area contributed by atoms with Crippen molar-refractivity contribution >= 4 is 0 Å². The van der Waals surface area contributed by atoms with Gasteiger partial charge in [0.2, 0.25) is 0 Å². The average Bonchev–Trinajstić information content (AvgIpc) is 2.15. The van der Waals surface area contributed by atoms with Gasteiger partial charge in [-0.25, -0.2) is 0 Å². The second kappa shape index (κ2) is 4.69. The zero-order valence-electron chi connectivity index (χ0n) is 10.2. The zero-order valence-corrected chi connectivity index (χ0v) is 10.2. The van der Waals surface area contributed by atoms with Crippen LogP contribution in [0.1, 0.15) is 31.9 Å². The van der Waals surface area contributed by atoms with Crippen LogP contribution in [-0.2, 0) is 12.6 Å². The average molecular weight is 246 g/mol. The molecule has 0 aromatic heterocycles. The normalized spacial score (nSPS) is 14.8. The van der Waals surface area contributed by atoms with Gasteiger partial charge < -0.3 is 5.11 Å². The van der Waals surface area contributed by atoms with Crippen LogP contribution in [0.2, 0.25) is 0 Å². The lowest BCUT2D eigenvalue weighted by Crippen LogP contribution is -2.28. The van der Waals surface area contributed by atoms with Gasteiger partial charge in [0, 0.05) is 0 Å². The van der Waals surface area contributed by atoms with E-state index in [0.29, 0.717) is 5.56 Å². The first kappa shape index (κ1) is 14.0. The topological polar surface area (TPSA) is 20.2 Å². The van der Waals surface area contributed by atoms with Crippen LogP contribution in [0.15, 0.2) is 24.3 Å². The lowest BCUT2D eigenvalue weighted by molar-refractivity contribution is -0.137. The Bertz CT molecular complexity index is 377. The van der Waals surface area contributed by atoms with E-state index >= 15 is 0 Å². The molecular formula is C13H17F3O. The molecule has 0 amide bonds. The van der Waals surface area contributed by atoms with Crippen molar-refractivity contribution < 1.29 is 18.3 Å². The summed E-state index contributed by atoms with van der Waals surface area (Å²) < 4.78 is 37.4. The van der Waals surface area contributed by atoms with Gasteiger partial charge in [-0.15, -0.1) is 0 Å². The van der Waals surface area contributed by atoms with E-state index in [-0.39, 0.29) is 11.8 Å². The predicted molar refractivity (Wildman–Crippen MR) is 60.6 cm³/mol. The minimum atomic E-state index is -4.33. The van der Waals surface area contributed by atoms with Crippen LogP contribution in [0.25, 0.3) is 0 Å². The molecular weight excluding hydrogens is 229 g/mol. The highest BCUT2D eigenvalue weighted by Gasteiger charge is 2.31. The van der Waals surface area contributed by atoms with Crippen molar-refractivity contribution in [3.63, 3.8) is 0 Å². The van der Waals surface area contributed by atoms with E-state index in [1.165, 1.54) is 6.07 Å². The molecule has 0 aliphatic heterocycles. The Morgan fingerprint density at radius 1 is 1.18 bits per heavy atom. The largest absolute Gasteiger partial charge is 0.416 e. The number of hydrogen-bond acceptors (Lipinski definition) is 1. The van der Waals surface area contributed by atoms with Crippen molar-refractivity contribution in [3.05, 3.63) is 35.4 Å². The highest BCUT2D eigenvalue weighted by Crippen LogP contribution is 2.30. The Balaban J connectivity index is 2.87. The van der Waals surface area contributed by atoms with Crippen LogP contribution in [0.4, 0.5) is 13.2 Å². The minimum absolute atomic E-state index is 0.230. The van der Waals surface area contributed by atoms with Gasteiger partial charge in [-0.1, -0.05) is 39.0 Å². The van der Waals surface area contributed by atoms with Crippen LogP contribution in [0.5, 0.6) is 0 Å². The summed E-state index contributed by atoms with van der Waals surface area (Å²) in [5.41, 5.74) is -0.507. The number of halogens is 3. The van der Waals surface area contributed by atoms with Gasteiger partial charge in [-0.2, -0.15) is 13.2 Å². The summed E-state index contributed by atoms with van der Waals surface area (Å²) >= 11 is 0. The summed E-state index contributed by atoms with van der Waals surface area (Å²) in [6.45, 7) is 5.56. The lowest BCUT2D eigenvalue weighted by atomic mass is 9.85. The molecule has 0 fully saturated rings. The summed E-state index contributed by atoms with van der Waals surface area (Å²) in [7, 11) is 0. The molecule has 0 aliphatic rings. The quantitative estimate of drug-likeness (QED) is 0.844. The van der Waals surface area contributed by atoms with Crippen LogP contribution in [-0.4, -0.2) is 11.2 Å². The summed E-state index contributed by atoms with van der Waals surface area (Å²) in [4.78, 5) is 0. The molecule has 1 atom stereocenters. The molecule has 0 aliphatic carbocycles. The van der Waals surface area contributed by atoms with Gasteiger partial charge >= 0.3 is 6.18 Å². The van der Waals surface area contributed by atoms with Crippen molar-refractivity contribution in [1.82, 2.24) is 0 Å². The third-order valence-electron chi connectivity index (χ3n) is 2.68. The number of benzene rings is 1. The molecule has 0 spiro atoms. The van der Waals surface area contributed by atoms with Crippen LogP contribution in [0, 0.1) is 5.41 Å². The highest BCUT2D eigenvalue weighted by molar-refractivity contribution is 5.26. The van der Waals surface area contributed by atoms with E-state index in [1.54, 1.807) is 6.07 Å². The van der Waals surface area contributed by atoms with E-state index in [9.17, 15) is 18.3 Å². The van der Waals surface area contributed by atoms with E-state index in [1.807, 2.05) is 20.8 Å². The van der Waals surface area contributed by atoms with E-state index in [0.717, 1.165) is 12.1 Å². The third-order valence-corrected chi connectivity index (χ3v) is 2.68. The second-order valence-electron chi connectivity index (χ2n) is 5.28. The predicted octanol–water partition coefficient (Wildman–Crippen LogP) is 3.65. The number of rotatable bonds is 2. The Kier molecular flexibility index (Phi) is 3.87. The van der Waals surface area contributed by atoms with Crippen LogP contribution < -0.4 is 0 Å². The van der Waals surface area contributed by atoms with E-state index < -0.39 is 17.8 Å². The summed E-state index contributed by atoms with van der Waals surface area (Å²) in [6, 6.07) is 5.10. The van der Waals surface area contributed by atoms with Gasteiger partial charge in [0.25, 0.3) is 0 Å². The Hall–Kier alpha value is -1.03. The molecule has 0 radical (unpaired) electrons. The molecule has 4 heteroatoms. The zero-order chi connectivity index (χ0) is 13.3. The maximum atomic E-state index is 12.5. The fraction of sp³-hybridized carbons (Fsp3) is 0.538. The molecule has 0 heterocycles. The van der Waals surface area contributed by atoms with Gasteiger partial charge in [0.05, 0.1) is 11.7 Å². The van der Waals surface area contributed by atoms with Gasteiger partial charge in [-0.3, -0.25) is 0 Å². The molecule has 0 bridgehead atoms. The molecule has 1 nitrogen and oxygen atoms in total. The first-order valence-electron chi connectivity index (χ1n) is 5.45. The molecule has 1 aromatic carbocycles. The van der Waals surface area contributed by atoms with Crippen molar-refractivity contribution in [1.29, 1.82) is 0 Å². The summed E-state index contributed by atoms with van der Waals surface area (Å²) in [6.07, 6.45) is -4.76. The standard InChI is InChI=1S/C13H17F3O/c1-12(2,3)11(17)8-9-5-4-6-10(7-9)13(14,15)16/h4-7,11,17H,8H2,1-3H3. The van der Waals surface area contributed by atoms with Gasteiger partial charge in [-0.05, 0) is 23.5 Å². The third kappa shape index (κ3) is 4.04. The first-order valence-corrected chi connectivity index (χ1v) is 5.45. The second-order valence-corrected chi connectivity index (χ2v) is 5.28. The molecule has 0 saturated heterocycles. The van der Waals surface area contributed by atoms with Crippen molar-refractivity contribution in [3.8, 4) is 0 Å². The fourth-order valence-corrected chi connectivity index (χ4v) is 1.40. The molecule has 96 valence electrons. The maximum absolute atomic E-state index is 12.5. The van der Waals surface area contributed by atoms with Crippen molar-refractivity contribution in [2.24, 2.45) is 5.41 Å². The fourth-order valence-electron chi connectivity index (χ4n) is 1.40. The number of alkyl halides is 3. The molecule has 17 heavy (non-hydrogen) atoms.